The van der Waals surface area contributed by atoms with Gasteiger partial charge >= 0.3 is 0 Å². The van der Waals surface area contributed by atoms with Crippen LogP contribution < -0.4 is 0 Å². The molecule has 2 atom stereocenters. The van der Waals surface area contributed by atoms with Crippen LogP contribution in [0.15, 0.2) is 12.4 Å². The summed E-state index contributed by atoms with van der Waals surface area (Å²) in [6.07, 6.45) is 11.0. The number of aliphatic hydroxyl groups is 1. The molecule has 1 aromatic heterocycles. The fourth-order valence-electron chi connectivity index (χ4n) is 3.31. The highest BCUT2D eigenvalue weighted by Gasteiger charge is 2.42. The van der Waals surface area contributed by atoms with Crippen LogP contribution in [-0.2, 0) is 11.3 Å². The molecule has 18 heavy (non-hydrogen) atoms. The summed E-state index contributed by atoms with van der Waals surface area (Å²) in [5.41, 5.74) is 1.08. The fraction of sp³-hybridized carbons (Fsp3) is 0.786. The Morgan fingerprint density at radius 1 is 1.50 bits per heavy atom. The SMILES string of the molecule is CC(O)c1cnn(CC2CCC3(CCCC3)O2)c1. The number of rotatable bonds is 3. The van der Waals surface area contributed by atoms with Crippen LogP contribution in [0.3, 0.4) is 0 Å². The third-order valence-electron chi connectivity index (χ3n) is 4.38. The molecule has 1 aromatic rings. The molecule has 2 unspecified atom stereocenters. The molecule has 0 aromatic carbocycles. The highest BCUT2D eigenvalue weighted by Crippen LogP contribution is 2.43. The standard InChI is InChI=1S/C14H22N2O2/c1-11(17)12-8-15-16(9-12)10-13-4-7-14(18-13)5-2-3-6-14/h8-9,11,13,17H,2-7,10H2,1H3. The average molecular weight is 250 g/mol. The van der Waals surface area contributed by atoms with E-state index in [0.29, 0.717) is 6.10 Å². The number of hydrogen-bond acceptors (Lipinski definition) is 3. The molecule has 2 fully saturated rings. The van der Waals surface area contributed by atoms with Gasteiger partial charge < -0.3 is 9.84 Å². The van der Waals surface area contributed by atoms with E-state index in [1.165, 1.54) is 32.1 Å². The number of hydrogen-bond donors (Lipinski definition) is 1. The van der Waals surface area contributed by atoms with Crippen LogP contribution in [0.1, 0.15) is 57.1 Å². The number of ether oxygens (including phenoxy) is 1. The predicted octanol–water partition coefficient (Wildman–Crippen LogP) is 2.43. The monoisotopic (exact) mass is 250 g/mol. The molecule has 0 radical (unpaired) electrons. The van der Waals surface area contributed by atoms with Gasteiger partial charge in [-0.15, -0.1) is 0 Å². The second kappa shape index (κ2) is 4.67. The van der Waals surface area contributed by atoms with Crippen molar-refractivity contribution in [1.82, 2.24) is 9.78 Å². The Kier molecular flexibility index (Phi) is 3.16. The van der Waals surface area contributed by atoms with Gasteiger partial charge in [-0.3, -0.25) is 4.68 Å². The van der Waals surface area contributed by atoms with E-state index in [-0.39, 0.29) is 5.60 Å². The third kappa shape index (κ3) is 2.31. The van der Waals surface area contributed by atoms with Gasteiger partial charge in [-0.05, 0) is 32.6 Å². The zero-order valence-corrected chi connectivity index (χ0v) is 11.0. The van der Waals surface area contributed by atoms with Crippen molar-refractivity contribution in [2.45, 2.75) is 69.8 Å². The van der Waals surface area contributed by atoms with Crippen molar-refractivity contribution < 1.29 is 9.84 Å². The summed E-state index contributed by atoms with van der Waals surface area (Å²) in [4.78, 5) is 0. The molecule has 100 valence electrons. The Hall–Kier alpha value is -0.870. The van der Waals surface area contributed by atoms with E-state index in [4.69, 9.17) is 4.74 Å². The topological polar surface area (TPSA) is 47.3 Å². The molecular formula is C14H22N2O2. The Labute approximate surface area is 108 Å². The molecule has 4 nitrogen and oxygen atoms in total. The van der Waals surface area contributed by atoms with Crippen molar-refractivity contribution in [2.75, 3.05) is 0 Å². The zero-order chi connectivity index (χ0) is 12.6. The number of aliphatic hydroxyl groups excluding tert-OH is 1. The quantitative estimate of drug-likeness (QED) is 0.896. The first-order chi connectivity index (χ1) is 8.67. The highest BCUT2D eigenvalue weighted by molar-refractivity contribution is 5.06. The van der Waals surface area contributed by atoms with Crippen LogP contribution in [0.2, 0.25) is 0 Å². The Balaban J connectivity index is 1.60. The van der Waals surface area contributed by atoms with Crippen molar-refractivity contribution in [3.63, 3.8) is 0 Å². The molecule has 2 aliphatic rings. The lowest BCUT2D eigenvalue weighted by Gasteiger charge is -2.23. The summed E-state index contributed by atoms with van der Waals surface area (Å²) in [5, 5.41) is 13.8. The molecule has 2 heterocycles. The Morgan fingerprint density at radius 2 is 2.28 bits per heavy atom. The molecule has 3 rings (SSSR count). The van der Waals surface area contributed by atoms with Crippen molar-refractivity contribution in [1.29, 1.82) is 0 Å². The van der Waals surface area contributed by atoms with Crippen LogP contribution in [-0.4, -0.2) is 26.6 Å². The van der Waals surface area contributed by atoms with Gasteiger partial charge in [0.15, 0.2) is 0 Å². The first-order valence-corrected chi connectivity index (χ1v) is 7.05. The van der Waals surface area contributed by atoms with E-state index in [1.807, 2.05) is 10.9 Å². The first-order valence-electron chi connectivity index (χ1n) is 7.05. The second-order valence-corrected chi connectivity index (χ2v) is 5.84. The maximum atomic E-state index is 9.48. The molecule has 1 spiro atoms. The van der Waals surface area contributed by atoms with E-state index >= 15 is 0 Å². The summed E-state index contributed by atoms with van der Waals surface area (Å²) in [7, 11) is 0. The van der Waals surface area contributed by atoms with E-state index < -0.39 is 6.10 Å². The number of aromatic nitrogens is 2. The van der Waals surface area contributed by atoms with Crippen molar-refractivity contribution in [3.05, 3.63) is 18.0 Å². The van der Waals surface area contributed by atoms with Crippen molar-refractivity contribution >= 4 is 0 Å². The molecule has 0 bridgehead atoms. The lowest BCUT2D eigenvalue weighted by Crippen LogP contribution is -2.26. The van der Waals surface area contributed by atoms with Gasteiger partial charge in [0.05, 0.1) is 30.6 Å². The maximum absolute atomic E-state index is 9.48. The summed E-state index contributed by atoms with van der Waals surface area (Å²) in [6.45, 7) is 2.58. The minimum absolute atomic E-state index is 0.199. The second-order valence-electron chi connectivity index (χ2n) is 5.84. The summed E-state index contributed by atoms with van der Waals surface area (Å²) >= 11 is 0. The van der Waals surface area contributed by atoms with E-state index in [0.717, 1.165) is 18.5 Å². The zero-order valence-electron chi connectivity index (χ0n) is 11.0. The normalized spacial score (nSPS) is 28.0. The number of nitrogens with zero attached hydrogens (tertiary/aromatic N) is 2. The third-order valence-corrected chi connectivity index (χ3v) is 4.38. The molecule has 1 N–H and O–H groups in total. The molecule has 0 amide bonds. The summed E-state index contributed by atoms with van der Waals surface area (Å²) in [6, 6.07) is 0. The fourth-order valence-corrected chi connectivity index (χ4v) is 3.31. The molecule has 1 saturated carbocycles. The van der Waals surface area contributed by atoms with Crippen LogP contribution in [0.4, 0.5) is 0 Å². The summed E-state index contributed by atoms with van der Waals surface area (Å²) < 4.78 is 8.16. The molecule has 1 aliphatic heterocycles. The molecule has 1 saturated heterocycles. The lowest BCUT2D eigenvalue weighted by molar-refractivity contribution is -0.0429. The summed E-state index contributed by atoms with van der Waals surface area (Å²) in [5.74, 6) is 0. The molecule has 1 aliphatic carbocycles. The van der Waals surface area contributed by atoms with E-state index in [9.17, 15) is 5.11 Å². The minimum Gasteiger partial charge on any atom is -0.389 e. The van der Waals surface area contributed by atoms with Gasteiger partial charge in [0.2, 0.25) is 0 Å². The van der Waals surface area contributed by atoms with E-state index in [2.05, 4.69) is 5.10 Å². The van der Waals surface area contributed by atoms with Crippen LogP contribution in [0, 0.1) is 0 Å². The van der Waals surface area contributed by atoms with Gasteiger partial charge in [0.1, 0.15) is 0 Å². The van der Waals surface area contributed by atoms with Crippen molar-refractivity contribution in [3.8, 4) is 0 Å². The van der Waals surface area contributed by atoms with Crippen LogP contribution in [0.25, 0.3) is 0 Å². The highest BCUT2D eigenvalue weighted by atomic mass is 16.5. The van der Waals surface area contributed by atoms with E-state index in [1.54, 1.807) is 13.1 Å². The van der Waals surface area contributed by atoms with Gasteiger partial charge in [-0.25, -0.2) is 0 Å². The van der Waals surface area contributed by atoms with Crippen LogP contribution in [0.5, 0.6) is 0 Å². The van der Waals surface area contributed by atoms with Gasteiger partial charge in [0, 0.05) is 11.8 Å². The smallest absolute Gasteiger partial charge is 0.0792 e. The average Bonchev–Trinajstić information content (AvgIpc) is 3.03. The molecule has 4 heteroatoms. The van der Waals surface area contributed by atoms with Crippen molar-refractivity contribution in [2.24, 2.45) is 0 Å². The largest absolute Gasteiger partial charge is 0.389 e. The first kappa shape index (κ1) is 12.2. The lowest BCUT2D eigenvalue weighted by atomic mass is 9.98. The van der Waals surface area contributed by atoms with Gasteiger partial charge in [-0.2, -0.15) is 5.10 Å². The van der Waals surface area contributed by atoms with Gasteiger partial charge in [-0.1, -0.05) is 12.8 Å². The Morgan fingerprint density at radius 3 is 2.94 bits per heavy atom. The van der Waals surface area contributed by atoms with Gasteiger partial charge in [0.25, 0.3) is 0 Å². The molecular weight excluding hydrogens is 228 g/mol. The predicted molar refractivity (Wildman–Crippen MR) is 68.2 cm³/mol. The maximum Gasteiger partial charge on any atom is 0.0792 e. The minimum atomic E-state index is -0.440. The Bertz CT molecular complexity index is 408. The van der Waals surface area contributed by atoms with Crippen LogP contribution >= 0.6 is 0 Å².